The van der Waals surface area contributed by atoms with Crippen LogP contribution >= 0.6 is 0 Å². The lowest BCUT2D eigenvalue weighted by atomic mass is 10.1. The molecule has 0 aliphatic rings. The lowest BCUT2D eigenvalue weighted by Crippen LogP contribution is -1.74. The van der Waals surface area contributed by atoms with E-state index in [-0.39, 0.29) is 0 Å². The van der Waals surface area contributed by atoms with E-state index in [4.69, 9.17) is 0 Å². The molecule has 0 atom stereocenters. The third-order valence-electron chi connectivity index (χ3n) is 1.61. The van der Waals surface area contributed by atoms with Crippen LogP contribution in [0.1, 0.15) is 40.0 Å². The lowest BCUT2D eigenvalue weighted by molar-refractivity contribution is 0.977. The van der Waals surface area contributed by atoms with Gasteiger partial charge >= 0.3 is 0 Å². The Bertz CT molecular complexity index is 112. The van der Waals surface area contributed by atoms with Crippen LogP contribution in [0.4, 0.5) is 0 Å². The summed E-state index contributed by atoms with van der Waals surface area (Å²) in [6, 6.07) is 0. The standard InChI is InChI=1S/C10H18/c1-4-7-8-9-10(5-2)6-3/h7-9H,4-6H2,1-3H3/b8-7+. The molecule has 0 aromatic rings. The summed E-state index contributed by atoms with van der Waals surface area (Å²) in [7, 11) is 0. The van der Waals surface area contributed by atoms with Crippen LogP contribution in [0.5, 0.6) is 0 Å². The molecule has 0 heterocycles. The van der Waals surface area contributed by atoms with Gasteiger partial charge in [0.1, 0.15) is 0 Å². The Hall–Kier alpha value is -0.520. The first-order valence-electron chi connectivity index (χ1n) is 4.19. The van der Waals surface area contributed by atoms with Gasteiger partial charge < -0.3 is 0 Å². The molecule has 0 saturated heterocycles. The average molecular weight is 138 g/mol. The fourth-order valence-corrected chi connectivity index (χ4v) is 0.826. The van der Waals surface area contributed by atoms with Gasteiger partial charge in [-0.1, -0.05) is 44.6 Å². The van der Waals surface area contributed by atoms with Crippen molar-refractivity contribution in [2.45, 2.75) is 40.0 Å². The van der Waals surface area contributed by atoms with E-state index in [1.54, 1.807) is 0 Å². The molecule has 0 nitrogen and oxygen atoms in total. The van der Waals surface area contributed by atoms with E-state index in [1.807, 2.05) is 0 Å². The van der Waals surface area contributed by atoms with Gasteiger partial charge in [-0.05, 0) is 19.3 Å². The summed E-state index contributed by atoms with van der Waals surface area (Å²) in [5.41, 5.74) is 1.53. The third-order valence-corrected chi connectivity index (χ3v) is 1.61. The van der Waals surface area contributed by atoms with Crippen LogP contribution in [0.15, 0.2) is 23.8 Å². The molecule has 10 heavy (non-hydrogen) atoms. The number of hydrogen-bond donors (Lipinski definition) is 0. The molecule has 58 valence electrons. The molecule has 0 saturated carbocycles. The topological polar surface area (TPSA) is 0 Å². The third kappa shape index (κ3) is 4.37. The van der Waals surface area contributed by atoms with Gasteiger partial charge in [0.15, 0.2) is 0 Å². The van der Waals surface area contributed by atoms with E-state index < -0.39 is 0 Å². The van der Waals surface area contributed by atoms with Gasteiger partial charge in [-0.3, -0.25) is 0 Å². The Balaban J connectivity index is 3.74. The second-order valence-corrected chi connectivity index (χ2v) is 2.37. The summed E-state index contributed by atoms with van der Waals surface area (Å²) < 4.78 is 0. The van der Waals surface area contributed by atoms with Crippen LogP contribution in [0.2, 0.25) is 0 Å². The maximum Gasteiger partial charge on any atom is -0.0346 e. The Labute approximate surface area is 64.6 Å². The molecular weight excluding hydrogens is 120 g/mol. The molecule has 0 bridgehead atoms. The van der Waals surface area contributed by atoms with Crippen molar-refractivity contribution in [3.05, 3.63) is 23.8 Å². The summed E-state index contributed by atoms with van der Waals surface area (Å²) >= 11 is 0. The molecular formula is C10H18. The van der Waals surface area contributed by atoms with Crippen molar-refractivity contribution in [2.75, 3.05) is 0 Å². The first-order chi connectivity index (χ1) is 4.85. The van der Waals surface area contributed by atoms with Crippen LogP contribution in [-0.4, -0.2) is 0 Å². The summed E-state index contributed by atoms with van der Waals surface area (Å²) in [6.07, 6.45) is 10.1. The van der Waals surface area contributed by atoms with Gasteiger partial charge in [0.2, 0.25) is 0 Å². The van der Waals surface area contributed by atoms with Crippen LogP contribution in [0.3, 0.4) is 0 Å². The zero-order valence-electron chi connectivity index (χ0n) is 7.35. The first kappa shape index (κ1) is 9.48. The van der Waals surface area contributed by atoms with Gasteiger partial charge in [-0.15, -0.1) is 0 Å². The molecule has 0 heteroatoms. The second kappa shape index (κ2) is 6.60. The van der Waals surface area contributed by atoms with Gasteiger partial charge in [0.25, 0.3) is 0 Å². The monoisotopic (exact) mass is 138 g/mol. The minimum Gasteiger partial charge on any atom is -0.0848 e. The molecule has 0 unspecified atom stereocenters. The van der Waals surface area contributed by atoms with Crippen molar-refractivity contribution in [1.29, 1.82) is 0 Å². The molecule has 0 rings (SSSR count). The number of allylic oxidation sites excluding steroid dienone is 4. The number of hydrogen-bond acceptors (Lipinski definition) is 0. The van der Waals surface area contributed by atoms with E-state index in [2.05, 4.69) is 39.0 Å². The molecule has 0 radical (unpaired) electrons. The zero-order chi connectivity index (χ0) is 7.82. The molecule has 0 N–H and O–H groups in total. The maximum atomic E-state index is 2.23. The van der Waals surface area contributed by atoms with Crippen molar-refractivity contribution in [3.63, 3.8) is 0 Å². The first-order valence-corrected chi connectivity index (χ1v) is 4.19. The summed E-state index contributed by atoms with van der Waals surface area (Å²) in [5, 5.41) is 0. The van der Waals surface area contributed by atoms with Crippen molar-refractivity contribution in [3.8, 4) is 0 Å². The lowest BCUT2D eigenvalue weighted by Gasteiger charge is -1.94. The van der Waals surface area contributed by atoms with E-state index in [9.17, 15) is 0 Å². The van der Waals surface area contributed by atoms with E-state index in [1.165, 1.54) is 18.4 Å². The molecule has 0 aliphatic heterocycles. The Kier molecular flexibility index (Phi) is 6.25. The molecule has 0 aliphatic carbocycles. The SMILES string of the molecule is CC/C=C/C=C(CC)CC. The highest BCUT2D eigenvalue weighted by atomic mass is 13.9. The highest BCUT2D eigenvalue weighted by molar-refractivity contribution is 5.11. The fourth-order valence-electron chi connectivity index (χ4n) is 0.826. The zero-order valence-corrected chi connectivity index (χ0v) is 7.35. The second-order valence-electron chi connectivity index (χ2n) is 2.37. The van der Waals surface area contributed by atoms with Gasteiger partial charge in [0.05, 0.1) is 0 Å². The average Bonchev–Trinajstić information content (AvgIpc) is 1.99. The van der Waals surface area contributed by atoms with Crippen molar-refractivity contribution >= 4 is 0 Å². The van der Waals surface area contributed by atoms with Crippen LogP contribution in [0.25, 0.3) is 0 Å². The highest BCUT2D eigenvalue weighted by Crippen LogP contribution is 2.04. The summed E-state index contributed by atoms with van der Waals surface area (Å²) in [4.78, 5) is 0. The van der Waals surface area contributed by atoms with Crippen LogP contribution < -0.4 is 0 Å². The quantitative estimate of drug-likeness (QED) is 0.520. The van der Waals surface area contributed by atoms with Gasteiger partial charge in [0, 0.05) is 0 Å². The molecule has 0 spiro atoms. The Morgan fingerprint density at radius 1 is 1.10 bits per heavy atom. The predicted molar refractivity (Wildman–Crippen MR) is 48.1 cm³/mol. The largest absolute Gasteiger partial charge is 0.0848 e. The van der Waals surface area contributed by atoms with Crippen LogP contribution in [0, 0.1) is 0 Å². The minimum absolute atomic E-state index is 1.14. The molecule has 0 amide bonds. The van der Waals surface area contributed by atoms with E-state index in [0.717, 1.165) is 6.42 Å². The van der Waals surface area contributed by atoms with Gasteiger partial charge in [-0.25, -0.2) is 0 Å². The smallest absolute Gasteiger partial charge is 0.0346 e. The van der Waals surface area contributed by atoms with E-state index >= 15 is 0 Å². The Morgan fingerprint density at radius 2 is 1.70 bits per heavy atom. The van der Waals surface area contributed by atoms with Crippen molar-refractivity contribution < 1.29 is 0 Å². The van der Waals surface area contributed by atoms with Crippen molar-refractivity contribution in [1.82, 2.24) is 0 Å². The summed E-state index contributed by atoms with van der Waals surface area (Å²) in [6.45, 7) is 6.56. The number of rotatable bonds is 4. The van der Waals surface area contributed by atoms with Crippen molar-refractivity contribution in [2.24, 2.45) is 0 Å². The molecule has 0 aromatic carbocycles. The molecule has 0 aromatic heterocycles. The normalized spacial score (nSPS) is 10.3. The van der Waals surface area contributed by atoms with Gasteiger partial charge in [-0.2, -0.15) is 0 Å². The minimum atomic E-state index is 1.14. The Morgan fingerprint density at radius 3 is 2.10 bits per heavy atom. The predicted octanol–water partition coefficient (Wildman–Crippen LogP) is 3.70. The fraction of sp³-hybridized carbons (Fsp3) is 0.600. The van der Waals surface area contributed by atoms with Crippen LogP contribution in [-0.2, 0) is 0 Å². The highest BCUT2D eigenvalue weighted by Gasteiger charge is 1.84. The molecule has 0 fully saturated rings. The summed E-state index contributed by atoms with van der Waals surface area (Å²) in [5.74, 6) is 0. The maximum absolute atomic E-state index is 2.23. The van der Waals surface area contributed by atoms with E-state index in [0.29, 0.717) is 0 Å².